The molecule has 4 nitrogen and oxygen atoms in total. The van der Waals surface area contributed by atoms with Crippen molar-refractivity contribution in [3.63, 3.8) is 0 Å². The Kier molecular flexibility index (Phi) is 11.0. The summed E-state index contributed by atoms with van der Waals surface area (Å²) in [7, 11) is 0. The molecule has 5 rings (SSSR count). The number of benzene rings is 2. The number of hydrogen-bond acceptors (Lipinski definition) is 4. The molecule has 1 saturated heterocycles. The predicted molar refractivity (Wildman–Crippen MR) is 181 cm³/mol. The maximum absolute atomic E-state index is 13.8. The molecule has 6 heteroatoms. The second kappa shape index (κ2) is 14.7. The molecule has 234 valence electrons. The van der Waals surface area contributed by atoms with Gasteiger partial charge in [-0.3, -0.25) is 0 Å². The standard InChI is InChI=1S/C30H37F2N3.C8H11N/c1-19(14-26-17-29(32)28(31)15-20(26)2)22(4)23(5)35-13-11-25(16-21(35)3)30(24-8-6-9-24)34-12-7-10-27(33)18-34;1-2-7-4-3-5-8(9)6-7/h11,13-17,27H,3,6-10,12,18,33H2,1-2,4-5H3;3-6H,2,9H2,1H3/b19-14+,23-22+;. The third-order valence-corrected chi connectivity index (χ3v) is 8.91. The summed E-state index contributed by atoms with van der Waals surface area (Å²) in [5.74, 6) is -1.65. The molecule has 1 atom stereocenters. The average molecular weight is 599 g/mol. The summed E-state index contributed by atoms with van der Waals surface area (Å²) in [6, 6.07) is 10.7. The first-order valence-electron chi connectivity index (χ1n) is 15.8. The minimum Gasteiger partial charge on any atom is -0.399 e. The fourth-order valence-corrected chi connectivity index (χ4v) is 5.87. The molecule has 0 aromatic heterocycles. The van der Waals surface area contributed by atoms with Gasteiger partial charge in [-0.25, -0.2) is 8.78 Å². The lowest BCUT2D eigenvalue weighted by Gasteiger charge is -2.39. The van der Waals surface area contributed by atoms with Crippen molar-refractivity contribution in [3.8, 4) is 0 Å². The van der Waals surface area contributed by atoms with E-state index in [0.717, 1.165) is 73.4 Å². The van der Waals surface area contributed by atoms with E-state index in [2.05, 4.69) is 54.6 Å². The minimum atomic E-state index is -0.830. The molecule has 0 amide bonds. The van der Waals surface area contributed by atoms with E-state index < -0.39 is 11.6 Å². The molecule has 2 aromatic rings. The number of aryl methyl sites for hydroxylation is 2. The lowest BCUT2D eigenvalue weighted by molar-refractivity contribution is 0.258. The molecule has 2 fully saturated rings. The SMILES string of the molecule is C=C1C=C(C(=C2CCC2)N2CCCC(N)C2)C=CN1/C(C)=C(C)/C(C)=C/c1cc(F)c(F)cc1C.CCc1cccc(N)c1. The second-order valence-corrected chi connectivity index (χ2v) is 12.2. The summed E-state index contributed by atoms with van der Waals surface area (Å²) in [5, 5.41) is 0. The van der Waals surface area contributed by atoms with Crippen LogP contribution in [-0.4, -0.2) is 28.9 Å². The maximum Gasteiger partial charge on any atom is 0.159 e. The second-order valence-electron chi connectivity index (χ2n) is 12.2. The Bertz CT molecular complexity index is 1540. The van der Waals surface area contributed by atoms with Crippen molar-refractivity contribution in [2.24, 2.45) is 5.73 Å². The van der Waals surface area contributed by atoms with E-state index in [-0.39, 0.29) is 6.04 Å². The molecule has 2 aromatic carbocycles. The van der Waals surface area contributed by atoms with Gasteiger partial charge in [0.15, 0.2) is 11.6 Å². The number of allylic oxidation sites excluding steroid dienone is 6. The Morgan fingerprint density at radius 2 is 1.80 bits per heavy atom. The predicted octanol–water partition coefficient (Wildman–Crippen LogP) is 8.93. The molecule has 3 aliphatic rings. The first-order valence-corrected chi connectivity index (χ1v) is 15.8. The fourth-order valence-electron chi connectivity index (χ4n) is 5.87. The summed E-state index contributed by atoms with van der Waals surface area (Å²) in [5.41, 5.74) is 23.5. The monoisotopic (exact) mass is 598 g/mol. The van der Waals surface area contributed by atoms with Crippen LogP contribution in [0.15, 0.2) is 101 Å². The molecule has 44 heavy (non-hydrogen) atoms. The van der Waals surface area contributed by atoms with Gasteiger partial charge in [0.25, 0.3) is 0 Å². The van der Waals surface area contributed by atoms with E-state index in [0.29, 0.717) is 11.1 Å². The van der Waals surface area contributed by atoms with Crippen molar-refractivity contribution in [2.75, 3.05) is 18.8 Å². The Morgan fingerprint density at radius 3 is 2.39 bits per heavy atom. The minimum absolute atomic E-state index is 0.230. The van der Waals surface area contributed by atoms with E-state index in [1.807, 2.05) is 38.1 Å². The zero-order chi connectivity index (χ0) is 32.0. The third kappa shape index (κ3) is 7.97. The van der Waals surface area contributed by atoms with Crippen molar-refractivity contribution in [1.29, 1.82) is 0 Å². The van der Waals surface area contributed by atoms with Crippen molar-refractivity contribution in [2.45, 2.75) is 79.2 Å². The molecule has 1 aliphatic carbocycles. The molecule has 0 bridgehead atoms. The summed E-state index contributed by atoms with van der Waals surface area (Å²) in [6.07, 6.45) is 15.2. The van der Waals surface area contributed by atoms with Gasteiger partial charge in [0.2, 0.25) is 0 Å². The quantitative estimate of drug-likeness (QED) is 0.257. The van der Waals surface area contributed by atoms with Crippen LogP contribution >= 0.6 is 0 Å². The van der Waals surface area contributed by atoms with E-state index in [4.69, 9.17) is 11.5 Å². The van der Waals surface area contributed by atoms with Crippen LogP contribution in [0.5, 0.6) is 0 Å². The highest BCUT2D eigenvalue weighted by Crippen LogP contribution is 2.37. The van der Waals surface area contributed by atoms with E-state index >= 15 is 0 Å². The van der Waals surface area contributed by atoms with Gasteiger partial charge in [0, 0.05) is 53.7 Å². The van der Waals surface area contributed by atoms with Crippen molar-refractivity contribution < 1.29 is 8.78 Å². The molecule has 1 unspecified atom stereocenters. The topological polar surface area (TPSA) is 58.5 Å². The Labute approximate surface area is 262 Å². The Balaban J connectivity index is 0.000000421. The van der Waals surface area contributed by atoms with E-state index in [9.17, 15) is 8.78 Å². The van der Waals surface area contributed by atoms with Gasteiger partial charge in [0.1, 0.15) is 0 Å². The number of likely N-dealkylation sites (tertiary alicyclic amines) is 1. The molecule has 0 spiro atoms. The smallest absolute Gasteiger partial charge is 0.159 e. The first kappa shape index (κ1) is 33.0. The molecule has 1 saturated carbocycles. The highest BCUT2D eigenvalue weighted by molar-refractivity contribution is 5.61. The lowest BCUT2D eigenvalue weighted by Crippen LogP contribution is -2.43. The van der Waals surface area contributed by atoms with Gasteiger partial charge in [-0.05, 0) is 136 Å². The van der Waals surface area contributed by atoms with Crippen LogP contribution in [0, 0.1) is 18.6 Å². The Morgan fingerprint density at radius 1 is 1.07 bits per heavy atom. The van der Waals surface area contributed by atoms with Crippen molar-refractivity contribution >= 4 is 11.8 Å². The largest absolute Gasteiger partial charge is 0.399 e. The average Bonchev–Trinajstić information content (AvgIpc) is 2.97. The van der Waals surface area contributed by atoms with Crippen LogP contribution in [0.25, 0.3) is 6.08 Å². The van der Waals surface area contributed by atoms with E-state index in [1.165, 1.54) is 41.0 Å². The van der Waals surface area contributed by atoms with Crippen LogP contribution in [0.4, 0.5) is 14.5 Å². The Hall–Kier alpha value is -3.90. The number of anilines is 1. The summed E-state index contributed by atoms with van der Waals surface area (Å²) in [4.78, 5) is 4.58. The van der Waals surface area contributed by atoms with Crippen LogP contribution < -0.4 is 11.5 Å². The number of nitrogen functional groups attached to an aromatic ring is 1. The highest BCUT2D eigenvalue weighted by atomic mass is 19.2. The van der Waals surface area contributed by atoms with E-state index in [1.54, 1.807) is 6.92 Å². The van der Waals surface area contributed by atoms with Gasteiger partial charge >= 0.3 is 0 Å². The summed E-state index contributed by atoms with van der Waals surface area (Å²) >= 11 is 0. The number of nitrogens with two attached hydrogens (primary N) is 2. The van der Waals surface area contributed by atoms with Crippen LogP contribution in [0.1, 0.15) is 76.5 Å². The number of hydrogen-bond donors (Lipinski definition) is 2. The third-order valence-electron chi connectivity index (χ3n) is 8.91. The number of rotatable bonds is 6. The summed E-state index contributed by atoms with van der Waals surface area (Å²) < 4.78 is 27.3. The number of piperidine rings is 1. The highest BCUT2D eigenvalue weighted by Gasteiger charge is 2.27. The van der Waals surface area contributed by atoms with Gasteiger partial charge in [-0.15, -0.1) is 0 Å². The van der Waals surface area contributed by atoms with Gasteiger partial charge < -0.3 is 21.3 Å². The van der Waals surface area contributed by atoms with Crippen molar-refractivity contribution in [1.82, 2.24) is 9.80 Å². The lowest BCUT2D eigenvalue weighted by atomic mass is 9.86. The number of nitrogens with zero attached hydrogens (tertiary/aromatic N) is 2. The molecular weight excluding hydrogens is 550 g/mol. The van der Waals surface area contributed by atoms with Crippen LogP contribution in [-0.2, 0) is 6.42 Å². The first-order chi connectivity index (χ1) is 21.0. The molecule has 0 radical (unpaired) electrons. The maximum atomic E-state index is 13.8. The molecule has 4 N–H and O–H groups in total. The zero-order valence-corrected chi connectivity index (χ0v) is 27.0. The number of halogens is 2. The molecule has 2 heterocycles. The molecule has 2 aliphatic heterocycles. The van der Waals surface area contributed by atoms with Crippen LogP contribution in [0.2, 0.25) is 0 Å². The summed E-state index contributed by atoms with van der Waals surface area (Å²) in [6.45, 7) is 16.3. The normalized spacial score (nSPS) is 19.1. The van der Waals surface area contributed by atoms with Gasteiger partial charge in [0.05, 0.1) is 0 Å². The van der Waals surface area contributed by atoms with Crippen LogP contribution in [0.3, 0.4) is 0 Å². The zero-order valence-electron chi connectivity index (χ0n) is 27.0. The van der Waals surface area contributed by atoms with Gasteiger partial charge in [-0.2, -0.15) is 0 Å². The van der Waals surface area contributed by atoms with Crippen molar-refractivity contribution in [3.05, 3.63) is 129 Å². The fraction of sp³-hybridized carbons (Fsp3) is 0.368. The molecular formula is C38H48F2N4. The van der Waals surface area contributed by atoms with Gasteiger partial charge in [-0.1, -0.05) is 31.7 Å².